The number of nitriles is 1. The van der Waals surface area contributed by atoms with Crippen LogP contribution in [0, 0.1) is 11.3 Å². The summed E-state index contributed by atoms with van der Waals surface area (Å²) in [6, 6.07) is 19.5. The normalized spacial score (nSPS) is 20.7. The monoisotopic (exact) mass is 448 g/mol. The van der Waals surface area contributed by atoms with Crippen LogP contribution in [-0.4, -0.2) is 80.3 Å². The average Bonchev–Trinajstić information content (AvgIpc) is 2.82. The number of benzene rings is 2. The highest BCUT2D eigenvalue weighted by Crippen LogP contribution is 2.19. The van der Waals surface area contributed by atoms with Crippen LogP contribution < -0.4 is 10.1 Å². The zero-order valence-electron chi connectivity index (χ0n) is 19.0. The average molecular weight is 449 g/mol. The molecule has 2 saturated heterocycles. The minimum absolute atomic E-state index is 0.0858. The second kappa shape index (κ2) is 11.8. The van der Waals surface area contributed by atoms with E-state index < -0.39 is 0 Å². The van der Waals surface area contributed by atoms with Gasteiger partial charge in [-0.05, 0) is 42.7 Å². The molecule has 2 aliphatic rings. The highest BCUT2D eigenvalue weighted by atomic mass is 16.5. The lowest BCUT2D eigenvalue weighted by atomic mass is 10.1. The summed E-state index contributed by atoms with van der Waals surface area (Å²) < 4.78 is 11.9. The molecule has 4 rings (SSSR count). The quantitative estimate of drug-likeness (QED) is 0.561. The Hall–Kier alpha value is -2.92. The van der Waals surface area contributed by atoms with Crippen LogP contribution in [0.3, 0.4) is 0 Å². The maximum atomic E-state index is 12.4. The third kappa shape index (κ3) is 7.29. The van der Waals surface area contributed by atoms with E-state index >= 15 is 0 Å². The van der Waals surface area contributed by atoms with E-state index in [2.05, 4.69) is 33.3 Å². The lowest BCUT2D eigenvalue weighted by Crippen LogP contribution is -2.60. The molecule has 0 radical (unpaired) electrons. The summed E-state index contributed by atoms with van der Waals surface area (Å²) in [5, 5.41) is 11.9. The zero-order chi connectivity index (χ0) is 22.9. The third-order valence-electron chi connectivity index (χ3n) is 6.05. The molecule has 2 unspecified atom stereocenters. The number of hydrogen-bond donors (Lipinski definition) is 1. The van der Waals surface area contributed by atoms with Gasteiger partial charge in [-0.1, -0.05) is 30.3 Å². The molecule has 0 saturated carbocycles. The molecule has 1 amide bonds. The Morgan fingerprint density at radius 1 is 1.03 bits per heavy atom. The van der Waals surface area contributed by atoms with Gasteiger partial charge in [0.25, 0.3) is 0 Å². The molecule has 7 nitrogen and oxygen atoms in total. The molecular weight excluding hydrogens is 416 g/mol. The third-order valence-corrected chi connectivity index (χ3v) is 6.05. The number of rotatable bonds is 10. The Balaban J connectivity index is 1.11. The zero-order valence-corrected chi connectivity index (χ0v) is 19.0. The number of nitrogens with zero attached hydrogens (tertiary/aromatic N) is 3. The van der Waals surface area contributed by atoms with Crippen molar-refractivity contribution in [3.8, 4) is 11.8 Å². The standard InChI is InChI=1S/C26H32N4O3/c27-15-22-7-9-23(10-8-22)32-14-4-13-29-16-24-18-30(19-25(17-29)33-24)20-26(31)28-12-11-21-5-2-1-3-6-21/h1-3,5-10,24-25H,4,11-14,16-20H2,(H,28,31). The van der Waals surface area contributed by atoms with Crippen LogP contribution in [-0.2, 0) is 16.0 Å². The van der Waals surface area contributed by atoms with E-state index in [1.807, 2.05) is 30.3 Å². The molecule has 2 atom stereocenters. The van der Waals surface area contributed by atoms with Gasteiger partial charge in [0, 0.05) is 39.3 Å². The van der Waals surface area contributed by atoms with E-state index in [0.29, 0.717) is 25.3 Å². The first-order chi connectivity index (χ1) is 16.2. The summed E-state index contributed by atoms with van der Waals surface area (Å²) in [6.45, 7) is 6.07. The van der Waals surface area contributed by atoms with E-state index in [0.717, 1.165) is 51.3 Å². The van der Waals surface area contributed by atoms with Gasteiger partial charge in [0.2, 0.25) is 5.91 Å². The lowest BCUT2D eigenvalue weighted by Gasteiger charge is -2.45. The largest absolute Gasteiger partial charge is 0.494 e. The summed E-state index contributed by atoms with van der Waals surface area (Å²) in [6.07, 6.45) is 2.08. The first-order valence-electron chi connectivity index (χ1n) is 11.7. The van der Waals surface area contributed by atoms with Gasteiger partial charge in [-0.15, -0.1) is 0 Å². The molecule has 2 fully saturated rings. The highest BCUT2D eigenvalue weighted by molar-refractivity contribution is 5.78. The summed E-state index contributed by atoms with van der Waals surface area (Å²) in [4.78, 5) is 17.0. The van der Waals surface area contributed by atoms with Gasteiger partial charge in [0.15, 0.2) is 0 Å². The first-order valence-corrected chi connectivity index (χ1v) is 11.7. The number of ether oxygens (including phenoxy) is 2. The highest BCUT2D eigenvalue weighted by Gasteiger charge is 2.35. The van der Waals surface area contributed by atoms with E-state index in [1.54, 1.807) is 12.1 Å². The molecule has 33 heavy (non-hydrogen) atoms. The molecule has 2 aliphatic heterocycles. The van der Waals surface area contributed by atoms with Crippen LogP contribution in [0.2, 0.25) is 0 Å². The Morgan fingerprint density at radius 3 is 2.42 bits per heavy atom. The Labute approximate surface area is 195 Å². The molecule has 174 valence electrons. The summed E-state index contributed by atoms with van der Waals surface area (Å²) in [5.74, 6) is 0.883. The molecule has 2 heterocycles. The van der Waals surface area contributed by atoms with Crippen LogP contribution in [0.5, 0.6) is 5.75 Å². The molecule has 1 N–H and O–H groups in total. The molecule has 0 aliphatic carbocycles. The minimum atomic E-state index is 0.0858. The van der Waals surface area contributed by atoms with Gasteiger partial charge in [0.1, 0.15) is 5.75 Å². The molecule has 2 aromatic carbocycles. The molecule has 2 aromatic rings. The summed E-state index contributed by atoms with van der Waals surface area (Å²) in [7, 11) is 0. The van der Waals surface area contributed by atoms with Gasteiger partial charge in [-0.2, -0.15) is 5.26 Å². The fraction of sp³-hybridized carbons (Fsp3) is 0.462. The predicted octanol–water partition coefficient (Wildman–Crippen LogP) is 2.07. The first kappa shape index (κ1) is 23.2. The van der Waals surface area contributed by atoms with Crippen LogP contribution in [0.25, 0.3) is 0 Å². The topological polar surface area (TPSA) is 77.8 Å². The molecule has 0 aromatic heterocycles. The van der Waals surface area contributed by atoms with Crippen molar-refractivity contribution in [3.05, 3.63) is 65.7 Å². The van der Waals surface area contributed by atoms with Crippen LogP contribution in [0.4, 0.5) is 0 Å². The molecule has 0 spiro atoms. The fourth-order valence-corrected chi connectivity index (χ4v) is 4.53. The Kier molecular flexibility index (Phi) is 8.31. The molecule has 7 heteroatoms. The van der Waals surface area contributed by atoms with Gasteiger partial charge < -0.3 is 14.8 Å². The van der Waals surface area contributed by atoms with E-state index in [9.17, 15) is 4.79 Å². The van der Waals surface area contributed by atoms with Crippen LogP contribution in [0.15, 0.2) is 54.6 Å². The van der Waals surface area contributed by atoms with E-state index in [1.165, 1.54) is 5.56 Å². The van der Waals surface area contributed by atoms with Crippen molar-refractivity contribution in [2.75, 3.05) is 52.4 Å². The van der Waals surface area contributed by atoms with Gasteiger partial charge in [-0.3, -0.25) is 14.6 Å². The number of amides is 1. The molecular formula is C26H32N4O3. The van der Waals surface area contributed by atoms with Crippen molar-refractivity contribution < 1.29 is 14.3 Å². The maximum Gasteiger partial charge on any atom is 0.234 e. The number of hydrogen-bond acceptors (Lipinski definition) is 6. The second-order valence-electron chi connectivity index (χ2n) is 8.76. The van der Waals surface area contributed by atoms with Crippen molar-refractivity contribution in [3.63, 3.8) is 0 Å². The van der Waals surface area contributed by atoms with Crippen molar-refractivity contribution in [2.24, 2.45) is 0 Å². The number of carbonyl (C=O) groups is 1. The van der Waals surface area contributed by atoms with Gasteiger partial charge in [0.05, 0.1) is 37.0 Å². The van der Waals surface area contributed by atoms with E-state index in [4.69, 9.17) is 14.7 Å². The second-order valence-corrected chi connectivity index (χ2v) is 8.76. The van der Waals surface area contributed by atoms with Crippen LogP contribution >= 0.6 is 0 Å². The number of morpholine rings is 2. The Bertz CT molecular complexity index is 915. The van der Waals surface area contributed by atoms with Gasteiger partial charge in [-0.25, -0.2) is 0 Å². The predicted molar refractivity (Wildman–Crippen MR) is 126 cm³/mol. The summed E-state index contributed by atoms with van der Waals surface area (Å²) >= 11 is 0. The fourth-order valence-electron chi connectivity index (χ4n) is 4.53. The lowest BCUT2D eigenvalue weighted by molar-refractivity contribution is -0.145. The number of fused-ring (bicyclic) bond motifs is 2. The van der Waals surface area contributed by atoms with Gasteiger partial charge >= 0.3 is 0 Å². The van der Waals surface area contributed by atoms with Crippen molar-refractivity contribution in [1.29, 1.82) is 5.26 Å². The van der Waals surface area contributed by atoms with E-state index in [-0.39, 0.29) is 18.1 Å². The maximum absolute atomic E-state index is 12.4. The van der Waals surface area contributed by atoms with Crippen LogP contribution in [0.1, 0.15) is 17.5 Å². The van der Waals surface area contributed by atoms with Crippen molar-refractivity contribution >= 4 is 5.91 Å². The number of nitrogens with one attached hydrogen (secondary N) is 1. The Morgan fingerprint density at radius 2 is 1.73 bits per heavy atom. The van der Waals surface area contributed by atoms with Crippen molar-refractivity contribution in [2.45, 2.75) is 25.0 Å². The minimum Gasteiger partial charge on any atom is -0.494 e. The SMILES string of the molecule is N#Cc1ccc(OCCCN2CC3CN(CC(=O)NCCc4ccccc4)CC(C2)O3)cc1. The molecule has 2 bridgehead atoms. The smallest absolute Gasteiger partial charge is 0.234 e. The summed E-state index contributed by atoms with van der Waals surface area (Å²) in [5.41, 5.74) is 1.88. The number of carbonyl (C=O) groups excluding carboxylic acids is 1. The van der Waals surface area contributed by atoms with Crippen molar-refractivity contribution in [1.82, 2.24) is 15.1 Å².